The van der Waals surface area contributed by atoms with E-state index in [1.165, 1.54) is 12.8 Å². The molecule has 26 heavy (non-hydrogen) atoms. The number of para-hydroxylation sites is 1. The lowest BCUT2D eigenvalue weighted by Crippen LogP contribution is -2.21. The monoisotopic (exact) mass is 397 g/mol. The Balaban J connectivity index is 0.00000169. The number of nitrogens with one attached hydrogen (secondary N) is 2. The Morgan fingerprint density at radius 2 is 1.81 bits per heavy atom. The highest BCUT2D eigenvalue weighted by Crippen LogP contribution is 2.18. The molecule has 0 spiro atoms. The molecule has 8 heteroatoms. The van der Waals surface area contributed by atoms with Crippen molar-refractivity contribution >= 4 is 42.2 Å². The summed E-state index contributed by atoms with van der Waals surface area (Å²) >= 11 is 0. The van der Waals surface area contributed by atoms with Crippen molar-refractivity contribution in [2.24, 2.45) is 0 Å². The molecule has 2 aromatic rings. The molecule has 1 aromatic heterocycles. The topological polar surface area (TPSA) is 70.2 Å². The predicted octanol–water partition coefficient (Wildman–Crippen LogP) is 3.28. The zero-order valence-corrected chi connectivity index (χ0v) is 16.4. The van der Waals surface area contributed by atoms with Gasteiger partial charge in [0.05, 0.1) is 0 Å². The minimum atomic E-state index is -0.237. The summed E-state index contributed by atoms with van der Waals surface area (Å²) in [5.74, 6) is 0.607. The number of aromatic nitrogens is 2. The van der Waals surface area contributed by atoms with E-state index >= 15 is 0 Å². The van der Waals surface area contributed by atoms with Crippen LogP contribution < -0.4 is 15.5 Å². The van der Waals surface area contributed by atoms with Crippen molar-refractivity contribution in [2.75, 3.05) is 29.9 Å². The summed E-state index contributed by atoms with van der Waals surface area (Å²) in [5, 5.41) is 14.5. The van der Waals surface area contributed by atoms with Crippen molar-refractivity contribution in [3.8, 4) is 0 Å². The Bertz CT molecular complexity index is 690. The van der Waals surface area contributed by atoms with Gasteiger partial charge in [-0.25, -0.2) is 0 Å². The van der Waals surface area contributed by atoms with Gasteiger partial charge in [-0.3, -0.25) is 4.79 Å². The van der Waals surface area contributed by atoms with Crippen LogP contribution in [0, 0.1) is 0 Å². The summed E-state index contributed by atoms with van der Waals surface area (Å²) < 4.78 is 0. The third kappa shape index (κ3) is 5.56. The van der Waals surface area contributed by atoms with Crippen molar-refractivity contribution in [1.82, 2.24) is 15.5 Å². The summed E-state index contributed by atoms with van der Waals surface area (Å²) in [6, 6.07) is 11.4. The molecule has 6 nitrogen and oxygen atoms in total. The van der Waals surface area contributed by atoms with Gasteiger partial charge >= 0.3 is 0 Å². The van der Waals surface area contributed by atoms with Gasteiger partial charge in [0.25, 0.3) is 5.91 Å². The largest absolute Gasteiger partial charge is 0.355 e. The van der Waals surface area contributed by atoms with Crippen molar-refractivity contribution in [2.45, 2.75) is 26.3 Å². The van der Waals surface area contributed by atoms with E-state index in [2.05, 4.69) is 32.7 Å². The fourth-order valence-corrected chi connectivity index (χ4v) is 2.80. The number of hydrogen-bond acceptors (Lipinski definition) is 5. The van der Waals surface area contributed by atoms with E-state index < -0.39 is 0 Å². The molecule has 1 aliphatic rings. The number of amides is 1. The SMILES string of the molecule is CCNCc1ccccc1NC(=O)c1ccc(N2CCCC2)nn1.Cl.Cl. The highest BCUT2D eigenvalue weighted by molar-refractivity contribution is 6.03. The van der Waals surface area contributed by atoms with E-state index in [1.54, 1.807) is 6.07 Å². The van der Waals surface area contributed by atoms with E-state index in [-0.39, 0.29) is 30.7 Å². The molecule has 0 bridgehead atoms. The summed E-state index contributed by atoms with van der Waals surface area (Å²) in [6.45, 7) is 5.67. The van der Waals surface area contributed by atoms with E-state index in [1.807, 2.05) is 30.3 Å². The van der Waals surface area contributed by atoms with Crippen LogP contribution in [0.2, 0.25) is 0 Å². The van der Waals surface area contributed by atoms with Gasteiger partial charge in [-0.05, 0) is 43.1 Å². The Morgan fingerprint density at radius 3 is 2.46 bits per heavy atom. The number of anilines is 2. The Kier molecular flexibility index (Phi) is 9.34. The van der Waals surface area contributed by atoms with Gasteiger partial charge < -0.3 is 15.5 Å². The minimum absolute atomic E-state index is 0. The van der Waals surface area contributed by atoms with Gasteiger partial charge in [0, 0.05) is 25.3 Å². The van der Waals surface area contributed by atoms with Crippen LogP contribution in [0.15, 0.2) is 36.4 Å². The average molecular weight is 398 g/mol. The molecule has 1 aromatic carbocycles. The number of halogens is 2. The summed E-state index contributed by atoms with van der Waals surface area (Å²) in [4.78, 5) is 14.6. The first-order chi connectivity index (χ1) is 11.8. The molecule has 2 heterocycles. The molecule has 2 N–H and O–H groups in total. The zero-order chi connectivity index (χ0) is 16.8. The predicted molar refractivity (Wildman–Crippen MR) is 110 cm³/mol. The second kappa shape index (κ2) is 11.0. The molecule has 1 saturated heterocycles. The van der Waals surface area contributed by atoms with Gasteiger partial charge in [-0.1, -0.05) is 25.1 Å². The van der Waals surface area contributed by atoms with Crippen molar-refractivity contribution in [3.05, 3.63) is 47.7 Å². The highest BCUT2D eigenvalue weighted by atomic mass is 35.5. The smallest absolute Gasteiger partial charge is 0.276 e. The van der Waals surface area contributed by atoms with Crippen molar-refractivity contribution < 1.29 is 4.79 Å². The average Bonchev–Trinajstić information content (AvgIpc) is 3.16. The molecular weight excluding hydrogens is 373 g/mol. The van der Waals surface area contributed by atoms with Crippen LogP contribution in [0.5, 0.6) is 0 Å². The maximum atomic E-state index is 12.4. The van der Waals surface area contributed by atoms with Gasteiger partial charge in [-0.15, -0.1) is 35.0 Å². The maximum Gasteiger partial charge on any atom is 0.276 e. The fourth-order valence-electron chi connectivity index (χ4n) is 2.80. The van der Waals surface area contributed by atoms with Gasteiger partial charge in [0.15, 0.2) is 11.5 Å². The van der Waals surface area contributed by atoms with Gasteiger partial charge in [0.1, 0.15) is 0 Å². The van der Waals surface area contributed by atoms with Crippen LogP contribution in [0.25, 0.3) is 0 Å². The van der Waals surface area contributed by atoms with Crippen molar-refractivity contribution in [1.29, 1.82) is 0 Å². The quantitative estimate of drug-likeness (QED) is 0.782. The molecule has 0 atom stereocenters. The molecule has 1 amide bonds. The number of nitrogens with zero attached hydrogens (tertiary/aromatic N) is 3. The first kappa shape index (κ1) is 22.2. The molecule has 1 aliphatic heterocycles. The van der Waals surface area contributed by atoms with Crippen LogP contribution in [-0.2, 0) is 6.54 Å². The Labute approximate surface area is 166 Å². The third-order valence-electron chi connectivity index (χ3n) is 4.14. The molecule has 142 valence electrons. The molecule has 0 radical (unpaired) electrons. The number of carbonyl (C=O) groups is 1. The first-order valence-corrected chi connectivity index (χ1v) is 8.46. The van der Waals surface area contributed by atoms with Crippen LogP contribution in [0.3, 0.4) is 0 Å². The number of hydrogen-bond donors (Lipinski definition) is 2. The highest BCUT2D eigenvalue weighted by Gasteiger charge is 2.16. The maximum absolute atomic E-state index is 12.4. The molecule has 0 saturated carbocycles. The van der Waals surface area contributed by atoms with Crippen LogP contribution in [-0.4, -0.2) is 35.7 Å². The molecular formula is C18H25Cl2N5O. The standard InChI is InChI=1S/C18H23N5O.2ClH/c1-2-19-13-14-7-3-4-8-15(14)20-18(24)16-9-10-17(22-21-16)23-11-5-6-12-23;;/h3-4,7-10,19H,2,5-6,11-13H2,1H3,(H,20,24);2*1H. The van der Waals surface area contributed by atoms with E-state index in [9.17, 15) is 4.79 Å². The summed E-state index contributed by atoms with van der Waals surface area (Å²) in [6.07, 6.45) is 2.37. The van der Waals surface area contributed by atoms with Crippen molar-refractivity contribution in [3.63, 3.8) is 0 Å². The van der Waals surface area contributed by atoms with E-state index in [0.717, 1.165) is 36.7 Å². The number of carbonyl (C=O) groups excluding carboxylic acids is 1. The second-order valence-electron chi connectivity index (χ2n) is 5.86. The van der Waals surface area contributed by atoms with Crippen LogP contribution >= 0.6 is 24.8 Å². The summed E-state index contributed by atoms with van der Waals surface area (Å²) in [7, 11) is 0. The summed E-state index contributed by atoms with van der Waals surface area (Å²) in [5.41, 5.74) is 2.18. The lowest BCUT2D eigenvalue weighted by Gasteiger charge is -2.15. The normalized spacial score (nSPS) is 12.9. The first-order valence-electron chi connectivity index (χ1n) is 8.46. The second-order valence-corrected chi connectivity index (χ2v) is 5.86. The molecule has 0 unspecified atom stereocenters. The van der Waals surface area contributed by atoms with Gasteiger partial charge in [0.2, 0.25) is 0 Å². The lowest BCUT2D eigenvalue weighted by atomic mass is 10.1. The molecule has 0 aliphatic carbocycles. The fraction of sp³-hybridized carbons (Fsp3) is 0.389. The van der Waals surface area contributed by atoms with Gasteiger partial charge in [-0.2, -0.15) is 0 Å². The minimum Gasteiger partial charge on any atom is -0.355 e. The van der Waals surface area contributed by atoms with E-state index in [0.29, 0.717) is 12.2 Å². The molecule has 1 fully saturated rings. The van der Waals surface area contributed by atoms with Crippen LogP contribution in [0.4, 0.5) is 11.5 Å². The Hall–Kier alpha value is -1.89. The third-order valence-corrected chi connectivity index (χ3v) is 4.14. The molecule has 3 rings (SSSR count). The number of rotatable bonds is 6. The zero-order valence-electron chi connectivity index (χ0n) is 14.8. The number of benzene rings is 1. The Morgan fingerprint density at radius 1 is 1.08 bits per heavy atom. The lowest BCUT2D eigenvalue weighted by molar-refractivity contribution is 0.102. The van der Waals surface area contributed by atoms with Crippen LogP contribution in [0.1, 0.15) is 35.8 Å². The van der Waals surface area contributed by atoms with E-state index in [4.69, 9.17) is 0 Å².